The van der Waals surface area contributed by atoms with Gasteiger partial charge < -0.3 is 5.32 Å². The molecule has 0 radical (unpaired) electrons. The fourth-order valence-corrected chi connectivity index (χ4v) is 10.1. The SMILES string of the molecule is c1ccc(C2=NC(c3cc4ccccc4cc3-c3ccc(-c4ccc(C5(c6ccccc6)c6ccccc6-c6c5ccc5ccccc65)cc4)cc3)N=C(c3ccccc3)N2)cc1. The number of hydrogen-bond donors (Lipinski definition) is 1. The van der Waals surface area contributed by atoms with Gasteiger partial charge in [-0.1, -0.05) is 224 Å². The van der Waals surface area contributed by atoms with Gasteiger partial charge in [-0.15, -0.1) is 0 Å². The van der Waals surface area contributed by atoms with Crippen LogP contribution in [0.5, 0.6) is 0 Å². The molecule has 3 heteroatoms. The van der Waals surface area contributed by atoms with E-state index in [9.17, 15) is 0 Å². The van der Waals surface area contributed by atoms with Crippen LogP contribution in [0.1, 0.15) is 45.1 Å². The van der Waals surface area contributed by atoms with Crippen molar-refractivity contribution in [3.05, 3.63) is 276 Å². The zero-order valence-corrected chi connectivity index (χ0v) is 34.5. The molecule has 63 heavy (non-hydrogen) atoms. The monoisotopic (exact) mass is 803 g/mol. The van der Waals surface area contributed by atoms with E-state index in [0.717, 1.165) is 50.4 Å². The van der Waals surface area contributed by atoms with Crippen molar-refractivity contribution >= 4 is 33.2 Å². The minimum Gasteiger partial charge on any atom is -0.324 e. The molecule has 1 aliphatic carbocycles. The van der Waals surface area contributed by atoms with Gasteiger partial charge in [-0.05, 0) is 89.3 Å². The maximum absolute atomic E-state index is 5.29. The van der Waals surface area contributed by atoms with Crippen LogP contribution in [0.15, 0.2) is 247 Å². The second kappa shape index (κ2) is 15.1. The minimum atomic E-state index is -0.466. The lowest BCUT2D eigenvalue weighted by molar-refractivity contribution is 0.758. The molecule has 296 valence electrons. The van der Waals surface area contributed by atoms with Crippen LogP contribution >= 0.6 is 0 Å². The maximum Gasteiger partial charge on any atom is 0.170 e. The minimum absolute atomic E-state index is 0.454. The lowest BCUT2D eigenvalue weighted by atomic mass is 9.67. The fourth-order valence-electron chi connectivity index (χ4n) is 10.1. The van der Waals surface area contributed by atoms with Crippen molar-refractivity contribution in [1.82, 2.24) is 5.32 Å². The first kappa shape index (κ1) is 36.7. The zero-order chi connectivity index (χ0) is 41.7. The molecule has 2 aliphatic rings. The van der Waals surface area contributed by atoms with Gasteiger partial charge in [0.2, 0.25) is 0 Å². The van der Waals surface area contributed by atoms with Gasteiger partial charge in [-0.2, -0.15) is 0 Å². The zero-order valence-electron chi connectivity index (χ0n) is 34.5. The summed E-state index contributed by atoms with van der Waals surface area (Å²) in [7, 11) is 0. The van der Waals surface area contributed by atoms with Crippen molar-refractivity contribution in [2.45, 2.75) is 11.6 Å². The van der Waals surface area contributed by atoms with Crippen molar-refractivity contribution in [3.8, 4) is 33.4 Å². The standard InChI is InChI=1S/C60H41N3/c1-4-17-44(18-5-1)57-61-58(45-19-6-2-7-20-45)63-59(62-57)53-39-47-22-11-10-21-46(47)38-52(53)43-30-28-40(29-31-43)41-32-35-49(36-33-41)60(48-23-8-3-9-24-48)54-27-15-14-26-51(54)56-50-25-13-12-16-42(50)34-37-55(56)60/h1-39,59H,(H,61,62,63). The lowest BCUT2D eigenvalue weighted by Crippen LogP contribution is -2.36. The molecule has 0 spiro atoms. The summed E-state index contributed by atoms with van der Waals surface area (Å²) in [5.41, 5.74) is 15.0. The Bertz CT molecular complexity index is 3340. The molecule has 10 aromatic carbocycles. The smallest absolute Gasteiger partial charge is 0.170 e. The molecule has 0 fully saturated rings. The summed E-state index contributed by atoms with van der Waals surface area (Å²) >= 11 is 0. The van der Waals surface area contributed by atoms with Crippen LogP contribution < -0.4 is 5.32 Å². The third kappa shape index (κ3) is 6.12. The van der Waals surface area contributed by atoms with Crippen molar-refractivity contribution in [3.63, 3.8) is 0 Å². The second-order valence-corrected chi connectivity index (χ2v) is 16.5. The highest BCUT2D eigenvalue weighted by atomic mass is 15.2. The summed E-state index contributed by atoms with van der Waals surface area (Å²) in [6, 6.07) is 85.6. The Hall–Kier alpha value is -8.14. The van der Waals surface area contributed by atoms with Crippen LogP contribution in [-0.4, -0.2) is 11.7 Å². The van der Waals surface area contributed by atoms with Crippen molar-refractivity contribution in [2.75, 3.05) is 0 Å². The Kier molecular flexibility index (Phi) is 8.79. The summed E-state index contributed by atoms with van der Waals surface area (Å²) in [5.74, 6) is 1.61. The van der Waals surface area contributed by atoms with Crippen molar-refractivity contribution < 1.29 is 0 Å². The Morgan fingerprint density at radius 3 is 1.52 bits per heavy atom. The average Bonchev–Trinajstić information content (AvgIpc) is 3.68. The van der Waals surface area contributed by atoms with E-state index < -0.39 is 11.6 Å². The van der Waals surface area contributed by atoms with Crippen LogP contribution in [0.2, 0.25) is 0 Å². The van der Waals surface area contributed by atoms with E-state index in [1.165, 1.54) is 55.1 Å². The Morgan fingerprint density at radius 2 is 0.857 bits per heavy atom. The molecule has 0 aromatic heterocycles. The van der Waals surface area contributed by atoms with Crippen LogP contribution in [0.3, 0.4) is 0 Å². The van der Waals surface area contributed by atoms with Gasteiger partial charge in [-0.25, -0.2) is 9.98 Å². The van der Waals surface area contributed by atoms with Crippen molar-refractivity contribution in [2.24, 2.45) is 9.98 Å². The number of benzene rings is 10. The summed E-state index contributed by atoms with van der Waals surface area (Å²) in [5, 5.41) is 8.45. The van der Waals surface area contributed by atoms with Gasteiger partial charge in [0.25, 0.3) is 0 Å². The number of nitrogens with zero attached hydrogens (tertiary/aromatic N) is 2. The predicted octanol–water partition coefficient (Wildman–Crippen LogP) is 14.2. The molecule has 12 rings (SSSR count). The summed E-state index contributed by atoms with van der Waals surface area (Å²) in [6.45, 7) is 0. The fraction of sp³-hybridized carbons (Fsp3) is 0.0333. The number of nitrogens with one attached hydrogen (secondary N) is 1. The van der Waals surface area contributed by atoms with E-state index in [-0.39, 0.29) is 0 Å². The third-order valence-corrected chi connectivity index (χ3v) is 13.0. The van der Waals surface area contributed by atoms with Gasteiger partial charge in [0.15, 0.2) is 6.17 Å². The third-order valence-electron chi connectivity index (χ3n) is 13.0. The largest absolute Gasteiger partial charge is 0.324 e. The Labute approximate surface area is 367 Å². The first-order valence-electron chi connectivity index (χ1n) is 21.7. The maximum atomic E-state index is 5.29. The highest BCUT2D eigenvalue weighted by molar-refractivity contribution is 6.16. The number of hydrogen-bond acceptors (Lipinski definition) is 3. The molecule has 3 nitrogen and oxygen atoms in total. The molecule has 1 unspecified atom stereocenters. The van der Waals surface area contributed by atoms with Gasteiger partial charge in [0.05, 0.1) is 5.41 Å². The van der Waals surface area contributed by atoms with E-state index >= 15 is 0 Å². The highest BCUT2D eigenvalue weighted by Crippen LogP contribution is 2.57. The van der Waals surface area contributed by atoms with Crippen LogP contribution in [0, 0.1) is 0 Å². The molecular weight excluding hydrogens is 763 g/mol. The van der Waals surface area contributed by atoms with E-state index in [4.69, 9.17) is 9.98 Å². The second-order valence-electron chi connectivity index (χ2n) is 16.5. The lowest BCUT2D eigenvalue weighted by Gasteiger charge is -2.34. The summed E-state index contributed by atoms with van der Waals surface area (Å²) < 4.78 is 0. The van der Waals surface area contributed by atoms with E-state index in [1.54, 1.807) is 0 Å². The molecule has 0 bridgehead atoms. The number of aliphatic imine (C=N–C) groups is 2. The summed E-state index contributed by atoms with van der Waals surface area (Å²) in [4.78, 5) is 10.6. The molecule has 1 heterocycles. The molecule has 1 N–H and O–H groups in total. The molecule has 0 saturated heterocycles. The topological polar surface area (TPSA) is 36.8 Å². The van der Waals surface area contributed by atoms with Crippen molar-refractivity contribution in [1.29, 1.82) is 0 Å². The number of rotatable bonds is 7. The first-order chi connectivity index (χ1) is 31.2. The van der Waals surface area contributed by atoms with E-state index in [1.807, 2.05) is 12.1 Å². The Morgan fingerprint density at radius 1 is 0.349 bits per heavy atom. The molecule has 10 aromatic rings. The predicted molar refractivity (Wildman–Crippen MR) is 261 cm³/mol. The van der Waals surface area contributed by atoms with Gasteiger partial charge in [0.1, 0.15) is 11.7 Å². The first-order valence-corrected chi connectivity index (χ1v) is 21.7. The Balaban J connectivity index is 0.954. The molecule has 1 atom stereocenters. The molecule has 0 amide bonds. The van der Waals surface area contributed by atoms with Gasteiger partial charge in [-0.3, -0.25) is 0 Å². The normalized spacial score (nSPS) is 15.6. The number of fused-ring (bicyclic) bond motifs is 6. The average molecular weight is 804 g/mol. The number of amidine groups is 2. The van der Waals surface area contributed by atoms with Crippen LogP contribution in [0.4, 0.5) is 0 Å². The summed E-state index contributed by atoms with van der Waals surface area (Å²) in [6.07, 6.45) is -0.454. The van der Waals surface area contributed by atoms with Gasteiger partial charge >= 0.3 is 0 Å². The van der Waals surface area contributed by atoms with Crippen LogP contribution in [-0.2, 0) is 5.41 Å². The van der Waals surface area contributed by atoms with E-state index in [2.05, 4.69) is 230 Å². The van der Waals surface area contributed by atoms with Gasteiger partial charge in [0, 0.05) is 16.7 Å². The molecule has 0 saturated carbocycles. The van der Waals surface area contributed by atoms with Crippen LogP contribution in [0.25, 0.3) is 54.9 Å². The quantitative estimate of drug-likeness (QED) is 0.171. The molecule has 1 aliphatic heterocycles. The highest BCUT2D eigenvalue weighted by Gasteiger charge is 2.46. The van der Waals surface area contributed by atoms with E-state index in [0.29, 0.717) is 0 Å². The molecular formula is C60H41N3.